The van der Waals surface area contributed by atoms with Crippen molar-refractivity contribution in [2.24, 2.45) is 5.73 Å². The molecule has 1 aromatic carbocycles. The monoisotopic (exact) mass is 310 g/mol. The van der Waals surface area contributed by atoms with E-state index >= 15 is 0 Å². The van der Waals surface area contributed by atoms with E-state index in [0.29, 0.717) is 0 Å². The first-order valence-electron chi connectivity index (χ1n) is 5.02. The molecule has 0 aliphatic rings. The van der Waals surface area contributed by atoms with E-state index < -0.39 is 22.5 Å². The van der Waals surface area contributed by atoms with Crippen molar-refractivity contribution in [1.82, 2.24) is 0 Å². The molecule has 0 heterocycles. The number of hydrogen-bond acceptors (Lipinski definition) is 3. The molecule has 0 fully saturated rings. The zero-order valence-corrected chi connectivity index (χ0v) is 11.9. The fourth-order valence-electron chi connectivity index (χ4n) is 1.34. The SMILES string of the molecule is CCS(=O)(=O)N(CC(N)=O)c1c(Cl)cccc1Cl. The first kappa shape index (κ1) is 15.1. The van der Waals surface area contributed by atoms with Crippen LogP contribution in [0.3, 0.4) is 0 Å². The summed E-state index contributed by atoms with van der Waals surface area (Å²) in [5, 5.41) is 0.279. The number of carbonyl (C=O) groups is 1. The molecule has 0 atom stereocenters. The van der Waals surface area contributed by atoms with E-state index in [9.17, 15) is 13.2 Å². The van der Waals surface area contributed by atoms with Crippen molar-refractivity contribution in [1.29, 1.82) is 0 Å². The summed E-state index contributed by atoms with van der Waals surface area (Å²) in [6.45, 7) is 0.952. The average Bonchev–Trinajstić information content (AvgIpc) is 2.27. The number of carbonyl (C=O) groups excluding carboxylic acids is 1. The molecule has 0 saturated heterocycles. The fraction of sp³-hybridized carbons (Fsp3) is 0.300. The van der Waals surface area contributed by atoms with Gasteiger partial charge in [-0.1, -0.05) is 29.3 Å². The number of rotatable bonds is 5. The Hall–Kier alpha value is -0.980. The number of primary amides is 1. The maximum Gasteiger partial charge on any atom is 0.238 e. The van der Waals surface area contributed by atoms with Crippen LogP contribution < -0.4 is 10.0 Å². The maximum absolute atomic E-state index is 11.9. The summed E-state index contributed by atoms with van der Waals surface area (Å²) in [4.78, 5) is 11.0. The van der Waals surface area contributed by atoms with Gasteiger partial charge in [0.2, 0.25) is 15.9 Å². The highest BCUT2D eigenvalue weighted by molar-refractivity contribution is 7.92. The van der Waals surface area contributed by atoms with E-state index in [4.69, 9.17) is 28.9 Å². The molecular weight excluding hydrogens is 299 g/mol. The van der Waals surface area contributed by atoms with Gasteiger partial charge in [-0.2, -0.15) is 0 Å². The lowest BCUT2D eigenvalue weighted by Crippen LogP contribution is -2.39. The van der Waals surface area contributed by atoms with Crippen molar-refractivity contribution in [3.05, 3.63) is 28.2 Å². The third kappa shape index (κ3) is 3.28. The minimum Gasteiger partial charge on any atom is -0.368 e. The molecule has 100 valence electrons. The summed E-state index contributed by atoms with van der Waals surface area (Å²) in [5.41, 5.74) is 5.12. The third-order valence-corrected chi connectivity index (χ3v) is 4.51. The highest BCUT2D eigenvalue weighted by Gasteiger charge is 2.26. The largest absolute Gasteiger partial charge is 0.368 e. The minimum absolute atomic E-state index is 0.0708. The second-order valence-corrected chi connectivity index (χ2v) is 6.44. The van der Waals surface area contributed by atoms with E-state index in [0.717, 1.165) is 4.31 Å². The number of sulfonamides is 1. The van der Waals surface area contributed by atoms with Crippen molar-refractivity contribution >= 4 is 44.8 Å². The first-order valence-corrected chi connectivity index (χ1v) is 7.38. The third-order valence-electron chi connectivity index (χ3n) is 2.19. The number of amides is 1. The van der Waals surface area contributed by atoms with Crippen molar-refractivity contribution in [2.75, 3.05) is 16.6 Å². The number of para-hydroxylation sites is 1. The number of hydrogen-bond donors (Lipinski definition) is 1. The molecule has 0 aliphatic heterocycles. The van der Waals surface area contributed by atoms with Crippen LogP contribution in [0.25, 0.3) is 0 Å². The Morgan fingerprint density at radius 2 is 1.83 bits per heavy atom. The molecule has 0 aliphatic carbocycles. The Balaban J connectivity index is 3.40. The van der Waals surface area contributed by atoms with Crippen LogP contribution >= 0.6 is 23.2 Å². The highest BCUT2D eigenvalue weighted by Crippen LogP contribution is 2.34. The van der Waals surface area contributed by atoms with E-state index in [1.807, 2.05) is 0 Å². The topological polar surface area (TPSA) is 80.5 Å². The molecule has 2 N–H and O–H groups in total. The van der Waals surface area contributed by atoms with Gasteiger partial charge in [-0.15, -0.1) is 0 Å². The molecular formula is C10H12Cl2N2O3S. The normalized spacial score (nSPS) is 11.3. The number of halogens is 2. The fourth-order valence-corrected chi connectivity index (χ4v) is 3.15. The Morgan fingerprint density at radius 3 is 2.22 bits per heavy atom. The molecule has 1 amide bonds. The van der Waals surface area contributed by atoms with Gasteiger partial charge < -0.3 is 5.73 Å². The molecule has 0 unspecified atom stereocenters. The Bertz CT molecular complexity index is 540. The second-order valence-electron chi connectivity index (χ2n) is 3.44. The smallest absolute Gasteiger partial charge is 0.238 e. The van der Waals surface area contributed by atoms with Crippen molar-refractivity contribution in [3.63, 3.8) is 0 Å². The molecule has 1 rings (SSSR count). The zero-order valence-electron chi connectivity index (χ0n) is 9.56. The Labute approximate surface area is 116 Å². The standard InChI is InChI=1S/C10H12Cl2N2O3S/c1-2-18(16,17)14(6-9(13)15)10-7(11)4-3-5-8(10)12/h3-5H,2,6H2,1H3,(H2,13,15). The van der Waals surface area contributed by atoms with Crippen LogP contribution in [0.1, 0.15) is 6.92 Å². The Morgan fingerprint density at radius 1 is 1.33 bits per heavy atom. The van der Waals surface area contributed by atoms with Crippen LogP contribution in [0.2, 0.25) is 10.0 Å². The molecule has 0 bridgehead atoms. The summed E-state index contributed by atoms with van der Waals surface area (Å²) in [6, 6.07) is 4.55. The van der Waals surface area contributed by atoms with Crippen LogP contribution in [0.5, 0.6) is 0 Å². The lowest BCUT2D eigenvalue weighted by atomic mass is 10.3. The summed E-state index contributed by atoms with van der Waals surface area (Å²) >= 11 is 11.9. The van der Waals surface area contributed by atoms with Gasteiger partial charge in [0.25, 0.3) is 0 Å². The number of nitrogens with zero attached hydrogens (tertiary/aromatic N) is 1. The molecule has 1 aromatic rings. The van der Waals surface area contributed by atoms with Crippen molar-refractivity contribution in [3.8, 4) is 0 Å². The zero-order chi connectivity index (χ0) is 13.9. The minimum atomic E-state index is -3.69. The number of nitrogens with two attached hydrogens (primary N) is 1. The van der Waals surface area contributed by atoms with Gasteiger partial charge in [0.1, 0.15) is 6.54 Å². The maximum atomic E-state index is 11.9. The van der Waals surface area contributed by atoms with Gasteiger partial charge in [-0.05, 0) is 19.1 Å². The van der Waals surface area contributed by atoms with E-state index in [2.05, 4.69) is 0 Å². The molecule has 0 aromatic heterocycles. The van der Waals surface area contributed by atoms with Crippen LogP contribution in [0.4, 0.5) is 5.69 Å². The van der Waals surface area contributed by atoms with Gasteiger partial charge in [-0.25, -0.2) is 8.42 Å². The lowest BCUT2D eigenvalue weighted by Gasteiger charge is -2.24. The Kier molecular flexibility index (Phi) is 4.84. The number of anilines is 1. The predicted molar refractivity (Wildman–Crippen MR) is 72.5 cm³/mol. The lowest BCUT2D eigenvalue weighted by molar-refractivity contribution is -0.116. The quantitative estimate of drug-likeness (QED) is 0.897. The molecule has 0 saturated carbocycles. The summed E-state index contributed by atoms with van der Waals surface area (Å²) in [5.74, 6) is -0.982. The van der Waals surface area contributed by atoms with Crippen molar-refractivity contribution in [2.45, 2.75) is 6.92 Å². The van der Waals surface area contributed by atoms with E-state index in [1.54, 1.807) is 6.07 Å². The van der Waals surface area contributed by atoms with Crippen LogP contribution in [-0.4, -0.2) is 26.6 Å². The van der Waals surface area contributed by atoms with Crippen LogP contribution in [0, 0.1) is 0 Å². The van der Waals surface area contributed by atoms with Crippen molar-refractivity contribution < 1.29 is 13.2 Å². The second kappa shape index (κ2) is 5.77. The van der Waals surface area contributed by atoms with E-state index in [-0.39, 0.29) is 21.5 Å². The summed E-state index contributed by atoms with van der Waals surface area (Å²) < 4.78 is 24.7. The summed E-state index contributed by atoms with van der Waals surface area (Å²) in [7, 11) is -3.69. The van der Waals surface area contributed by atoms with Gasteiger partial charge in [0.15, 0.2) is 0 Å². The predicted octanol–water partition coefficient (Wildman–Crippen LogP) is 1.63. The van der Waals surface area contributed by atoms with E-state index in [1.165, 1.54) is 19.1 Å². The summed E-state index contributed by atoms with van der Waals surface area (Å²) in [6.07, 6.45) is 0. The molecule has 5 nitrogen and oxygen atoms in total. The van der Waals surface area contributed by atoms with Gasteiger partial charge >= 0.3 is 0 Å². The molecule has 8 heteroatoms. The molecule has 0 radical (unpaired) electrons. The highest BCUT2D eigenvalue weighted by atomic mass is 35.5. The molecule has 0 spiro atoms. The first-order chi connectivity index (χ1) is 8.29. The average molecular weight is 311 g/mol. The molecule has 18 heavy (non-hydrogen) atoms. The number of benzene rings is 1. The van der Waals surface area contributed by atoms with Gasteiger partial charge in [-0.3, -0.25) is 9.10 Å². The van der Waals surface area contributed by atoms with Crippen LogP contribution in [0.15, 0.2) is 18.2 Å². The van der Waals surface area contributed by atoms with Gasteiger partial charge in [0.05, 0.1) is 21.5 Å². The van der Waals surface area contributed by atoms with Gasteiger partial charge in [0, 0.05) is 0 Å². The van der Waals surface area contributed by atoms with Crippen LogP contribution in [-0.2, 0) is 14.8 Å².